The van der Waals surface area contributed by atoms with Crippen molar-refractivity contribution in [1.82, 2.24) is 9.80 Å². The molecule has 0 spiro atoms. The van der Waals surface area contributed by atoms with Crippen molar-refractivity contribution < 1.29 is 22.7 Å². The standard InChI is InChI=1S/C21H37N3O5S/c1-13(2)29-21(26)23-12-14(3)24(15(4)25)19-9-8-17(11-20(19)23)16-6-5-7-18(10-16)30(22,27)28/h13-14,16-20H,5-12H2,1-4H3,(H2,22,27,28)/t14-,16?,17?,18?,19?,20?/m0/s1. The van der Waals surface area contributed by atoms with Gasteiger partial charge in [0, 0.05) is 19.5 Å². The van der Waals surface area contributed by atoms with E-state index < -0.39 is 15.3 Å². The Balaban J connectivity index is 1.80. The zero-order chi connectivity index (χ0) is 22.2. The summed E-state index contributed by atoms with van der Waals surface area (Å²) in [5, 5.41) is 4.98. The summed E-state index contributed by atoms with van der Waals surface area (Å²) >= 11 is 0. The number of hydrogen-bond acceptors (Lipinski definition) is 5. The lowest BCUT2D eigenvalue weighted by molar-refractivity contribution is -0.142. The average molecular weight is 444 g/mol. The molecule has 1 aliphatic heterocycles. The predicted octanol–water partition coefficient (Wildman–Crippen LogP) is 2.47. The van der Waals surface area contributed by atoms with Crippen LogP contribution in [-0.2, 0) is 19.6 Å². The average Bonchev–Trinajstić information content (AvgIpc) is 2.65. The minimum absolute atomic E-state index is 0.0140. The Morgan fingerprint density at radius 3 is 2.30 bits per heavy atom. The first-order valence-corrected chi connectivity index (χ1v) is 12.9. The van der Waals surface area contributed by atoms with Crippen molar-refractivity contribution in [2.75, 3.05) is 6.54 Å². The second-order valence-electron chi connectivity index (χ2n) is 9.71. The summed E-state index contributed by atoms with van der Waals surface area (Å²) in [6, 6.07) is -0.161. The van der Waals surface area contributed by atoms with Gasteiger partial charge in [0.25, 0.3) is 0 Å². The van der Waals surface area contributed by atoms with Crippen LogP contribution in [0.4, 0.5) is 4.79 Å². The number of primary sulfonamides is 1. The van der Waals surface area contributed by atoms with E-state index in [4.69, 9.17) is 9.88 Å². The molecule has 0 aromatic heterocycles. The molecule has 1 saturated heterocycles. The molecule has 3 fully saturated rings. The van der Waals surface area contributed by atoms with Crippen LogP contribution in [0.5, 0.6) is 0 Å². The number of nitrogens with zero attached hydrogens (tertiary/aromatic N) is 2. The maximum Gasteiger partial charge on any atom is 0.410 e. The van der Waals surface area contributed by atoms with Gasteiger partial charge in [0.1, 0.15) is 0 Å². The van der Waals surface area contributed by atoms with Crippen molar-refractivity contribution in [1.29, 1.82) is 0 Å². The Labute approximate surface area is 180 Å². The molecule has 2 N–H and O–H groups in total. The van der Waals surface area contributed by atoms with Crippen LogP contribution in [0.2, 0.25) is 0 Å². The molecule has 8 nitrogen and oxygen atoms in total. The summed E-state index contributed by atoms with van der Waals surface area (Å²) in [7, 11) is -3.52. The van der Waals surface area contributed by atoms with Gasteiger partial charge in [-0.25, -0.2) is 18.4 Å². The summed E-state index contributed by atoms with van der Waals surface area (Å²) < 4.78 is 29.3. The summed E-state index contributed by atoms with van der Waals surface area (Å²) in [5.41, 5.74) is 0. The van der Waals surface area contributed by atoms with E-state index in [1.165, 1.54) is 0 Å². The van der Waals surface area contributed by atoms with Gasteiger partial charge in [-0.1, -0.05) is 12.8 Å². The molecular formula is C21H37N3O5S. The van der Waals surface area contributed by atoms with Crippen molar-refractivity contribution in [2.45, 2.75) is 102 Å². The highest BCUT2D eigenvalue weighted by atomic mass is 32.2. The number of ether oxygens (including phenoxy) is 1. The van der Waals surface area contributed by atoms with Crippen LogP contribution in [0.25, 0.3) is 0 Å². The molecule has 2 aliphatic carbocycles. The quantitative estimate of drug-likeness (QED) is 0.720. The van der Waals surface area contributed by atoms with Gasteiger partial charge in [0.2, 0.25) is 15.9 Å². The summed E-state index contributed by atoms with van der Waals surface area (Å²) in [4.78, 5) is 29.0. The smallest absolute Gasteiger partial charge is 0.410 e. The predicted molar refractivity (Wildman–Crippen MR) is 114 cm³/mol. The molecule has 1 heterocycles. The number of nitrogens with two attached hydrogens (primary N) is 1. The normalized spacial score (nSPS) is 35.1. The van der Waals surface area contributed by atoms with Gasteiger partial charge in [0.05, 0.1) is 23.4 Å². The Morgan fingerprint density at radius 2 is 1.70 bits per heavy atom. The van der Waals surface area contributed by atoms with Gasteiger partial charge in [-0.15, -0.1) is 0 Å². The van der Waals surface area contributed by atoms with Crippen molar-refractivity contribution in [2.24, 2.45) is 17.0 Å². The Bertz CT molecular complexity index is 756. The fourth-order valence-corrected chi connectivity index (χ4v) is 7.03. The number of sulfonamides is 1. The molecule has 0 aromatic rings. The minimum Gasteiger partial charge on any atom is -0.447 e. The molecule has 9 heteroatoms. The topological polar surface area (TPSA) is 110 Å². The first-order valence-electron chi connectivity index (χ1n) is 11.3. The van der Waals surface area contributed by atoms with E-state index >= 15 is 0 Å². The second-order valence-corrected chi connectivity index (χ2v) is 11.6. The van der Waals surface area contributed by atoms with E-state index in [0.717, 1.165) is 32.1 Å². The molecule has 3 aliphatic rings. The summed E-state index contributed by atoms with van der Waals surface area (Å²) in [6.07, 6.45) is 5.11. The van der Waals surface area contributed by atoms with Gasteiger partial charge in [0.15, 0.2) is 0 Å². The molecule has 2 saturated carbocycles. The summed E-state index contributed by atoms with van der Waals surface area (Å²) in [6.45, 7) is 7.72. The third-order valence-corrected chi connectivity index (χ3v) is 8.60. The number of rotatable bonds is 3. The second kappa shape index (κ2) is 9.02. The third kappa shape index (κ3) is 4.93. The molecule has 0 bridgehead atoms. The molecule has 5 unspecified atom stereocenters. The van der Waals surface area contributed by atoms with E-state index in [2.05, 4.69) is 0 Å². The lowest BCUT2D eigenvalue weighted by Gasteiger charge is -2.54. The van der Waals surface area contributed by atoms with Crippen LogP contribution in [0.3, 0.4) is 0 Å². The van der Waals surface area contributed by atoms with Gasteiger partial charge in [-0.2, -0.15) is 0 Å². The maximum atomic E-state index is 12.9. The van der Waals surface area contributed by atoms with E-state index in [-0.39, 0.29) is 42.1 Å². The molecule has 172 valence electrons. The van der Waals surface area contributed by atoms with Crippen molar-refractivity contribution in [3.63, 3.8) is 0 Å². The Kier molecular flexibility index (Phi) is 7.01. The molecule has 2 amide bonds. The zero-order valence-electron chi connectivity index (χ0n) is 18.6. The van der Waals surface area contributed by atoms with Gasteiger partial charge >= 0.3 is 6.09 Å². The first-order chi connectivity index (χ1) is 14.0. The first kappa shape index (κ1) is 23.3. The van der Waals surface area contributed by atoms with E-state index in [9.17, 15) is 18.0 Å². The van der Waals surface area contributed by atoms with Crippen molar-refractivity contribution >= 4 is 22.0 Å². The lowest BCUT2D eigenvalue weighted by atomic mass is 9.69. The zero-order valence-corrected chi connectivity index (χ0v) is 19.4. The van der Waals surface area contributed by atoms with Crippen LogP contribution in [0.1, 0.15) is 72.6 Å². The highest BCUT2D eigenvalue weighted by Crippen LogP contribution is 2.43. The number of hydrogen-bond donors (Lipinski definition) is 1. The van der Waals surface area contributed by atoms with Crippen LogP contribution in [0.15, 0.2) is 0 Å². The van der Waals surface area contributed by atoms with Crippen LogP contribution < -0.4 is 5.14 Å². The van der Waals surface area contributed by atoms with Crippen molar-refractivity contribution in [3.8, 4) is 0 Å². The van der Waals surface area contributed by atoms with Crippen LogP contribution in [0, 0.1) is 11.8 Å². The van der Waals surface area contributed by atoms with Gasteiger partial charge < -0.3 is 14.5 Å². The number of amides is 2. The molecule has 0 radical (unpaired) electrons. The lowest BCUT2D eigenvalue weighted by Crippen LogP contribution is -2.67. The maximum absolute atomic E-state index is 12.9. The molecule has 0 aromatic carbocycles. The van der Waals surface area contributed by atoms with Crippen molar-refractivity contribution in [3.05, 3.63) is 0 Å². The Morgan fingerprint density at radius 1 is 1.03 bits per heavy atom. The highest BCUT2D eigenvalue weighted by molar-refractivity contribution is 7.89. The SMILES string of the molecule is CC(=O)N1C2CCC(C3CCCC(S(N)(=O)=O)C3)CC2N(C(=O)OC(C)C)C[C@@H]1C. The third-order valence-electron chi connectivity index (χ3n) is 7.25. The minimum atomic E-state index is -3.52. The van der Waals surface area contributed by atoms with E-state index in [0.29, 0.717) is 25.3 Å². The number of fused-ring (bicyclic) bond motifs is 1. The van der Waals surface area contributed by atoms with E-state index in [1.54, 1.807) is 6.92 Å². The fraction of sp³-hybridized carbons (Fsp3) is 0.905. The van der Waals surface area contributed by atoms with Crippen LogP contribution >= 0.6 is 0 Å². The monoisotopic (exact) mass is 443 g/mol. The molecule has 30 heavy (non-hydrogen) atoms. The van der Waals surface area contributed by atoms with Gasteiger partial charge in [-0.05, 0) is 64.7 Å². The van der Waals surface area contributed by atoms with E-state index in [1.807, 2.05) is 30.6 Å². The summed E-state index contributed by atoms with van der Waals surface area (Å²) in [5.74, 6) is 0.656. The number of piperazine rings is 1. The highest BCUT2D eigenvalue weighted by Gasteiger charge is 2.48. The molecule has 6 atom stereocenters. The number of carbonyl (C=O) groups is 2. The van der Waals surface area contributed by atoms with Gasteiger partial charge in [-0.3, -0.25) is 4.79 Å². The fourth-order valence-electron chi connectivity index (χ4n) is 6.02. The largest absolute Gasteiger partial charge is 0.447 e. The Hall–Kier alpha value is -1.35. The van der Waals surface area contributed by atoms with Crippen LogP contribution in [-0.4, -0.2) is 66.2 Å². The molecular weight excluding hydrogens is 406 g/mol. The number of carbonyl (C=O) groups excluding carboxylic acids is 2. The molecule has 3 rings (SSSR count).